The third kappa shape index (κ3) is 3.26. The van der Waals surface area contributed by atoms with Gasteiger partial charge in [0.2, 0.25) is 5.88 Å². The second kappa shape index (κ2) is 6.78. The summed E-state index contributed by atoms with van der Waals surface area (Å²) in [5.41, 5.74) is 2.38. The van der Waals surface area contributed by atoms with Crippen LogP contribution in [0.15, 0.2) is 30.6 Å². The average molecular weight is 354 g/mol. The van der Waals surface area contributed by atoms with Crippen molar-refractivity contribution in [2.45, 2.75) is 19.8 Å². The van der Waals surface area contributed by atoms with Crippen molar-refractivity contribution in [2.24, 2.45) is 13.0 Å². The zero-order chi connectivity index (χ0) is 18.1. The van der Waals surface area contributed by atoms with Gasteiger partial charge in [0.15, 0.2) is 5.65 Å². The van der Waals surface area contributed by atoms with Crippen molar-refractivity contribution < 1.29 is 9.53 Å². The van der Waals surface area contributed by atoms with E-state index in [0.717, 1.165) is 37.3 Å². The Bertz CT molecular complexity index is 923. The molecular formula is C18H22N6O2. The van der Waals surface area contributed by atoms with Crippen LogP contribution in [0.25, 0.3) is 5.65 Å². The summed E-state index contributed by atoms with van der Waals surface area (Å²) >= 11 is 0. The van der Waals surface area contributed by atoms with Crippen LogP contribution in [0.1, 0.15) is 29.0 Å². The highest BCUT2D eigenvalue weighted by Gasteiger charge is 2.25. The van der Waals surface area contributed by atoms with E-state index in [2.05, 4.69) is 15.2 Å². The Balaban J connectivity index is 1.30. The molecule has 1 fully saturated rings. The first-order valence-electron chi connectivity index (χ1n) is 8.83. The molecule has 8 nitrogen and oxygen atoms in total. The molecule has 0 aromatic carbocycles. The SMILES string of the molecule is Cc1cn2nc(OCC3CCN(C(=O)c4ccnn4C)CC3)ccc2n1. The van der Waals surface area contributed by atoms with Crippen molar-refractivity contribution in [3.05, 3.63) is 42.0 Å². The number of rotatable bonds is 4. The molecular weight excluding hydrogens is 332 g/mol. The first-order chi connectivity index (χ1) is 12.6. The minimum absolute atomic E-state index is 0.0481. The minimum atomic E-state index is 0.0481. The molecule has 4 rings (SSSR count). The number of aromatic nitrogens is 5. The second-order valence-corrected chi connectivity index (χ2v) is 6.74. The topological polar surface area (TPSA) is 77.5 Å². The maximum Gasteiger partial charge on any atom is 0.272 e. The number of nitrogens with zero attached hydrogens (tertiary/aromatic N) is 6. The number of hydrogen-bond donors (Lipinski definition) is 0. The van der Waals surface area contributed by atoms with Gasteiger partial charge in [-0.2, -0.15) is 5.10 Å². The van der Waals surface area contributed by atoms with E-state index in [4.69, 9.17) is 4.74 Å². The van der Waals surface area contributed by atoms with E-state index >= 15 is 0 Å². The predicted molar refractivity (Wildman–Crippen MR) is 95.1 cm³/mol. The summed E-state index contributed by atoms with van der Waals surface area (Å²) < 4.78 is 9.23. The smallest absolute Gasteiger partial charge is 0.272 e. The van der Waals surface area contributed by atoms with Crippen molar-refractivity contribution in [1.82, 2.24) is 29.3 Å². The van der Waals surface area contributed by atoms with E-state index in [1.807, 2.05) is 30.2 Å². The molecule has 0 bridgehead atoms. The normalized spacial score (nSPS) is 15.5. The fraction of sp³-hybridized carbons (Fsp3) is 0.444. The number of hydrogen-bond acceptors (Lipinski definition) is 5. The molecule has 26 heavy (non-hydrogen) atoms. The van der Waals surface area contributed by atoms with Crippen LogP contribution in [0.3, 0.4) is 0 Å². The molecule has 4 heterocycles. The highest BCUT2D eigenvalue weighted by atomic mass is 16.5. The van der Waals surface area contributed by atoms with E-state index in [1.54, 1.807) is 28.5 Å². The largest absolute Gasteiger partial charge is 0.476 e. The van der Waals surface area contributed by atoms with Crippen LogP contribution in [0.5, 0.6) is 5.88 Å². The minimum Gasteiger partial charge on any atom is -0.476 e. The number of carbonyl (C=O) groups excluding carboxylic acids is 1. The Kier molecular flexibility index (Phi) is 4.32. The molecule has 1 amide bonds. The Morgan fingerprint density at radius 2 is 2.08 bits per heavy atom. The van der Waals surface area contributed by atoms with Gasteiger partial charge in [0.05, 0.1) is 18.5 Å². The predicted octanol–water partition coefficient (Wildman–Crippen LogP) is 1.70. The summed E-state index contributed by atoms with van der Waals surface area (Å²) in [5, 5.41) is 8.49. The van der Waals surface area contributed by atoms with E-state index in [0.29, 0.717) is 24.1 Å². The maximum atomic E-state index is 12.5. The van der Waals surface area contributed by atoms with Crippen molar-refractivity contribution in [3.63, 3.8) is 0 Å². The van der Waals surface area contributed by atoms with E-state index < -0.39 is 0 Å². The van der Waals surface area contributed by atoms with Gasteiger partial charge in [0.25, 0.3) is 5.91 Å². The first kappa shape index (κ1) is 16.6. The lowest BCUT2D eigenvalue weighted by Gasteiger charge is -2.31. The summed E-state index contributed by atoms with van der Waals surface area (Å²) in [6.07, 6.45) is 5.39. The average Bonchev–Trinajstić information content (AvgIpc) is 3.23. The van der Waals surface area contributed by atoms with Crippen molar-refractivity contribution in [3.8, 4) is 5.88 Å². The Morgan fingerprint density at radius 3 is 2.81 bits per heavy atom. The highest BCUT2D eigenvalue weighted by Crippen LogP contribution is 2.20. The number of amides is 1. The van der Waals surface area contributed by atoms with Crippen LogP contribution >= 0.6 is 0 Å². The Hall–Kier alpha value is -2.90. The van der Waals surface area contributed by atoms with Gasteiger partial charge in [-0.15, -0.1) is 5.10 Å². The zero-order valence-electron chi connectivity index (χ0n) is 15.0. The molecule has 3 aromatic rings. The van der Waals surface area contributed by atoms with Gasteiger partial charge in [-0.25, -0.2) is 9.50 Å². The van der Waals surface area contributed by atoms with E-state index in [1.165, 1.54) is 0 Å². The molecule has 0 saturated carbocycles. The van der Waals surface area contributed by atoms with Crippen LogP contribution in [-0.4, -0.2) is 54.9 Å². The molecule has 8 heteroatoms. The van der Waals surface area contributed by atoms with Gasteiger partial charge < -0.3 is 9.64 Å². The highest BCUT2D eigenvalue weighted by molar-refractivity contribution is 5.92. The lowest BCUT2D eigenvalue weighted by Crippen LogP contribution is -2.40. The van der Waals surface area contributed by atoms with Crippen LogP contribution in [0.4, 0.5) is 0 Å². The number of fused-ring (bicyclic) bond motifs is 1. The van der Waals surface area contributed by atoms with E-state index in [9.17, 15) is 4.79 Å². The van der Waals surface area contributed by atoms with Gasteiger partial charge >= 0.3 is 0 Å². The van der Waals surface area contributed by atoms with Gasteiger partial charge in [-0.3, -0.25) is 9.48 Å². The number of likely N-dealkylation sites (tertiary alicyclic amines) is 1. The quantitative estimate of drug-likeness (QED) is 0.713. The lowest BCUT2D eigenvalue weighted by molar-refractivity contribution is 0.0648. The zero-order valence-corrected chi connectivity index (χ0v) is 15.0. The van der Waals surface area contributed by atoms with Gasteiger partial charge in [-0.1, -0.05) is 0 Å². The van der Waals surface area contributed by atoms with Gasteiger partial charge in [0, 0.05) is 32.4 Å². The van der Waals surface area contributed by atoms with Crippen LogP contribution in [0.2, 0.25) is 0 Å². The van der Waals surface area contributed by atoms with E-state index in [-0.39, 0.29) is 5.91 Å². The summed E-state index contributed by atoms with van der Waals surface area (Å²) in [7, 11) is 1.79. The number of carbonyl (C=O) groups is 1. The second-order valence-electron chi connectivity index (χ2n) is 6.74. The molecule has 1 aliphatic heterocycles. The number of aryl methyl sites for hydroxylation is 2. The maximum absolute atomic E-state index is 12.5. The molecule has 0 spiro atoms. The van der Waals surface area contributed by atoms with Crippen molar-refractivity contribution in [1.29, 1.82) is 0 Å². The lowest BCUT2D eigenvalue weighted by atomic mass is 9.97. The van der Waals surface area contributed by atoms with Crippen LogP contribution < -0.4 is 4.74 Å². The number of ether oxygens (including phenoxy) is 1. The molecule has 0 aliphatic carbocycles. The van der Waals surface area contributed by atoms with Crippen LogP contribution in [-0.2, 0) is 7.05 Å². The third-order valence-corrected chi connectivity index (χ3v) is 4.82. The number of piperidine rings is 1. The Labute approximate surface area is 151 Å². The summed E-state index contributed by atoms with van der Waals surface area (Å²) in [6, 6.07) is 5.52. The van der Waals surface area contributed by atoms with Crippen LogP contribution in [0, 0.1) is 12.8 Å². The first-order valence-corrected chi connectivity index (χ1v) is 8.83. The van der Waals surface area contributed by atoms with Crippen molar-refractivity contribution in [2.75, 3.05) is 19.7 Å². The summed E-state index contributed by atoms with van der Waals surface area (Å²) in [4.78, 5) is 18.8. The molecule has 3 aromatic heterocycles. The monoisotopic (exact) mass is 354 g/mol. The third-order valence-electron chi connectivity index (χ3n) is 4.82. The fourth-order valence-corrected chi connectivity index (χ4v) is 3.31. The Morgan fingerprint density at radius 1 is 1.27 bits per heavy atom. The standard InChI is InChI=1S/C18H22N6O2/c1-13-11-24-16(20-13)3-4-17(21-24)26-12-14-6-9-23(10-7-14)18(25)15-5-8-19-22(15)2/h3-5,8,11,14H,6-7,9-10,12H2,1-2H3. The van der Waals surface area contributed by atoms with Gasteiger partial charge in [-0.05, 0) is 37.8 Å². The summed E-state index contributed by atoms with van der Waals surface area (Å²) in [6.45, 7) is 4.03. The molecule has 1 aliphatic rings. The molecule has 1 saturated heterocycles. The molecule has 136 valence electrons. The fourth-order valence-electron chi connectivity index (χ4n) is 3.31. The molecule has 0 N–H and O–H groups in total. The number of imidazole rings is 1. The molecule has 0 unspecified atom stereocenters. The summed E-state index contributed by atoms with van der Waals surface area (Å²) in [5.74, 6) is 1.07. The van der Waals surface area contributed by atoms with Gasteiger partial charge in [0.1, 0.15) is 5.69 Å². The molecule has 0 radical (unpaired) electrons. The molecule has 0 atom stereocenters. The van der Waals surface area contributed by atoms with Crippen molar-refractivity contribution >= 4 is 11.6 Å².